The Kier molecular flexibility index (Phi) is 1.73. The maximum absolute atomic E-state index is 12.0. The molecule has 84 valence electrons. The normalized spacial score (nSPS) is 20.9. The second-order valence-electron chi connectivity index (χ2n) is 4.79. The van der Waals surface area contributed by atoms with Crippen molar-refractivity contribution in [2.75, 3.05) is 28.6 Å². The highest BCUT2D eigenvalue weighted by atomic mass is 16.2. The average Bonchev–Trinajstić information content (AvgIpc) is 2.27. The Labute approximate surface area is 94.6 Å². The van der Waals surface area contributed by atoms with Crippen LogP contribution in [0.15, 0.2) is 18.2 Å². The van der Waals surface area contributed by atoms with Gasteiger partial charge < -0.3 is 15.5 Å². The van der Waals surface area contributed by atoms with E-state index in [2.05, 4.69) is 21.6 Å². The van der Waals surface area contributed by atoms with E-state index in [9.17, 15) is 4.79 Å². The standard InChI is InChI=1S/C12H15N3O/c1-12(2)11(16)14-9-5-3-4-8-10(9)15(12)7-6-13-8/h3-5,13H,6-7H2,1-2H3,(H,14,16). The molecule has 2 N–H and O–H groups in total. The van der Waals surface area contributed by atoms with Crippen molar-refractivity contribution in [2.24, 2.45) is 0 Å². The van der Waals surface area contributed by atoms with Gasteiger partial charge in [-0.05, 0) is 26.0 Å². The van der Waals surface area contributed by atoms with Crippen molar-refractivity contribution < 1.29 is 4.79 Å². The van der Waals surface area contributed by atoms with Crippen molar-refractivity contribution in [1.82, 2.24) is 0 Å². The fourth-order valence-electron chi connectivity index (χ4n) is 2.45. The van der Waals surface area contributed by atoms with Crippen LogP contribution in [0, 0.1) is 0 Å². The van der Waals surface area contributed by atoms with Gasteiger partial charge in [0.05, 0.1) is 17.1 Å². The molecule has 0 aliphatic carbocycles. The van der Waals surface area contributed by atoms with Gasteiger partial charge in [0.2, 0.25) is 5.91 Å². The summed E-state index contributed by atoms with van der Waals surface area (Å²) in [5.41, 5.74) is 2.68. The monoisotopic (exact) mass is 217 g/mol. The highest BCUT2D eigenvalue weighted by Gasteiger charge is 2.42. The molecule has 0 unspecified atom stereocenters. The fraction of sp³-hybridized carbons (Fsp3) is 0.417. The second kappa shape index (κ2) is 2.90. The summed E-state index contributed by atoms with van der Waals surface area (Å²) in [6.45, 7) is 5.68. The highest BCUT2D eigenvalue weighted by molar-refractivity contribution is 6.08. The number of hydrogen-bond donors (Lipinski definition) is 2. The molecule has 2 aliphatic heterocycles. The largest absolute Gasteiger partial charge is 0.382 e. The van der Waals surface area contributed by atoms with Crippen LogP contribution in [0.3, 0.4) is 0 Å². The van der Waals surface area contributed by atoms with Crippen LogP contribution in [0.4, 0.5) is 17.1 Å². The summed E-state index contributed by atoms with van der Waals surface area (Å²) in [5.74, 6) is 0.0686. The van der Waals surface area contributed by atoms with Gasteiger partial charge >= 0.3 is 0 Å². The highest BCUT2D eigenvalue weighted by Crippen LogP contribution is 2.43. The van der Waals surface area contributed by atoms with Crippen LogP contribution in [0.2, 0.25) is 0 Å². The minimum atomic E-state index is -0.467. The Morgan fingerprint density at radius 2 is 2.06 bits per heavy atom. The van der Waals surface area contributed by atoms with Crippen LogP contribution in [0.1, 0.15) is 13.8 Å². The van der Waals surface area contributed by atoms with Crippen LogP contribution in [0.25, 0.3) is 0 Å². The average molecular weight is 217 g/mol. The number of rotatable bonds is 0. The molecule has 2 aliphatic rings. The van der Waals surface area contributed by atoms with Gasteiger partial charge in [-0.25, -0.2) is 0 Å². The third kappa shape index (κ3) is 1.07. The quantitative estimate of drug-likeness (QED) is 0.694. The molecule has 4 heteroatoms. The van der Waals surface area contributed by atoms with Crippen molar-refractivity contribution in [1.29, 1.82) is 0 Å². The van der Waals surface area contributed by atoms with Crippen LogP contribution in [0.5, 0.6) is 0 Å². The van der Waals surface area contributed by atoms with Gasteiger partial charge in [0, 0.05) is 13.1 Å². The number of hydrogen-bond acceptors (Lipinski definition) is 3. The first kappa shape index (κ1) is 9.51. The zero-order chi connectivity index (χ0) is 11.3. The number of nitrogens with zero attached hydrogens (tertiary/aromatic N) is 1. The lowest BCUT2D eigenvalue weighted by Crippen LogP contribution is -2.58. The number of anilines is 3. The Balaban J connectivity index is 2.23. The predicted molar refractivity (Wildman–Crippen MR) is 65.0 cm³/mol. The fourth-order valence-corrected chi connectivity index (χ4v) is 2.45. The Morgan fingerprint density at radius 3 is 2.88 bits per heavy atom. The van der Waals surface area contributed by atoms with Gasteiger partial charge in [0.25, 0.3) is 0 Å². The molecule has 0 atom stereocenters. The van der Waals surface area contributed by atoms with E-state index in [0.717, 1.165) is 30.2 Å². The Hall–Kier alpha value is -1.71. The molecule has 4 nitrogen and oxygen atoms in total. The van der Waals surface area contributed by atoms with Crippen molar-refractivity contribution >= 4 is 23.0 Å². The lowest BCUT2D eigenvalue weighted by molar-refractivity contribution is -0.120. The lowest BCUT2D eigenvalue weighted by atomic mass is 9.94. The van der Waals surface area contributed by atoms with Crippen molar-refractivity contribution in [2.45, 2.75) is 19.4 Å². The molecule has 0 bridgehead atoms. The van der Waals surface area contributed by atoms with E-state index in [-0.39, 0.29) is 5.91 Å². The number of carbonyl (C=O) groups is 1. The molecule has 2 heterocycles. The molecule has 1 aromatic rings. The van der Waals surface area contributed by atoms with Gasteiger partial charge in [-0.2, -0.15) is 0 Å². The molecule has 0 aromatic heterocycles. The SMILES string of the molecule is CC1(C)C(=O)Nc2cccc3c2N1CCN3. The minimum absolute atomic E-state index is 0.0686. The molecule has 1 amide bonds. The molecule has 1 aromatic carbocycles. The van der Waals surface area contributed by atoms with Crippen LogP contribution in [-0.2, 0) is 4.79 Å². The molecular formula is C12H15N3O. The predicted octanol–water partition coefficient (Wildman–Crippen LogP) is 1.65. The molecule has 0 fully saturated rings. The number of benzene rings is 1. The molecule has 0 saturated carbocycles. The van der Waals surface area contributed by atoms with E-state index in [0.29, 0.717) is 0 Å². The molecule has 0 spiro atoms. The topological polar surface area (TPSA) is 44.4 Å². The zero-order valence-corrected chi connectivity index (χ0v) is 9.50. The summed E-state index contributed by atoms with van der Waals surface area (Å²) in [6.07, 6.45) is 0. The Bertz CT molecular complexity index is 467. The van der Waals surface area contributed by atoms with Crippen molar-refractivity contribution in [3.8, 4) is 0 Å². The maximum Gasteiger partial charge on any atom is 0.249 e. The third-order valence-corrected chi connectivity index (χ3v) is 3.44. The van der Waals surface area contributed by atoms with Gasteiger partial charge in [-0.3, -0.25) is 4.79 Å². The molecule has 0 radical (unpaired) electrons. The first-order chi connectivity index (χ1) is 7.60. The third-order valence-electron chi connectivity index (χ3n) is 3.44. The zero-order valence-electron chi connectivity index (χ0n) is 9.50. The van der Waals surface area contributed by atoms with Crippen LogP contribution < -0.4 is 15.5 Å². The van der Waals surface area contributed by atoms with E-state index in [1.807, 2.05) is 26.0 Å². The number of nitrogens with one attached hydrogen (secondary N) is 2. The summed E-state index contributed by atoms with van der Waals surface area (Å²) in [6, 6.07) is 5.97. The van der Waals surface area contributed by atoms with Gasteiger partial charge in [0.15, 0.2) is 0 Å². The minimum Gasteiger partial charge on any atom is -0.382 e. The smallest absolute Gasteiger partial charge is 0.249 e. The summed E-state index contributed by atoms with van der Waals surface area (Å²) in [4.78, 5) is 14.2. The number of amides is 1. The molecular weight excluding hydrogens is 202 g/mol. The molecule has 16 heavy (non-hydrogen) atoms. The van der Waals surface area contributed by atoms with Crippen molar-refractivity contribution in [3.05, 3.63) is 18.2 Å². The first-order valence-corrected chi connectivity index (χ1v) is 5.57. The van der Waals surface area contributed by atoms with E-state index < -0.39 is 5.54 Å². The van der Waals surface area contributed by atoms with E-state index >= 15 is 0 Å². The number of para-hydroxylation sites is 1. The number of carbonyl (C=O) groups excluding carboxylic acids is 1. The van der Waals surface area contributed by atoms with Gasteiger partial charge in [-0.15, -0.1) is 0 Å². The maximum atomic E-state index is 12.0. The van der Waals surface area contributed by atoms with Gasteiger partial charge in [0.1, 0.15) is 5.54 Å². The van der Waals surface area contributed by atoms with Crippen LogP contribution in [-0.4, -0.2) is 24.5 Å². The van der Waals surface area contributed by atoms with E-state index in [4.69, 9.17) is 0 Å². The summed E-state index contributed by atoms with van der Waals surface area (Å²) in [5, 5.41) is 6.33. The molecule has 0 saturated heterocycles. The van der Waals surface area contributed by atoms with Crippen molar-refractivity contribution in [3.63, 3.8) is 0 Å². The molecule has 3 rings (SSSR count). The summed E-state index contributed by atoms with van der Waals surface area (Å²) >= 11 is 0. The van der Waals surface area contributed by atoms with Crippen LogP contribution >= 0.6 is 0 Å². The summed E-state index contributed by atoms with van der Waals surface area (Å²) in [7, 11) is 0. The summed E-state index contributed by atoms with van der Waals surface area (Å²) < 4.78 is 0. The first-order valence-electron chi connectivity index (χ1n) is 5.57. The Morgan fingerprint density at radius 1 is 1.31 bits per heavy atom. The van der Waals surface area contributed by atoms with E-state index in [1.54, 1.807) is 0 Å². The second-order valence-corrected chi connectivity index (χ2v) is 4.79. The lowest BCUT2D eigenvalue weighted by Gasteiger charge is -2.46. The van der Waals surface area contributed by atoms with Gasteiger partial charge in [-0.1, -0.05) is 6.07 Å². The van der Waals surface area contributed by atoms with E-state index in [1.165, 1.54) is 0 Å².